The molecular formula is C22H16N2O3S. The Morgan fingerprint density at radius 3 is 2.50 bits per heavy atom. The first-order valence-electron chi connectivity index (χ1n) is 8.64. The number of ether oxygens (including phenoxy) is 1. The number of carbonyl (C=O) groups is 2. The molecule has 0 unspecified atom stereocenters. The number of amides is 1. The van der Waals surface area contributed by atoms with Crippen molar-refractivity contribution >= 4 is 39.1 Å². The van der Waals surface area contributed by atoms with Crippen molar-refractivity contribution in [2.45, 2.75) is 6.92 Å². The SMILES string of the molecule is CC(=O)Oc1cccc(C(=O)Nc2ccc(-c3nc4ccccc4s3)cc2)c1. The highest BCUT2D eigenvalue weighted by Crippen LogP contribution is 2.30. The van der Waals surface area contributed by atoms with Crippen LogP contribution in [-0.2, 0) is 4.79 Å². The molecule has 0 saturated carbocycles. The maximum atomic E-state index is 12.5. The third-order valence-corrected chi connectivity index (χ3v) is 5.13. The van der Waals surface area contributed by atoms with E-state index in [1.54, 1.807) is 29.5 Å². The number of hydrogen-bond donors (Lipinski definition) is 1. The number of hydrogen-bond acceptors (Lipinski definition) is 5. The first-order valence-corrected chi connectivity index (χ1v) is 9.46. The molecule has 0 atom stereocenters. The van der Waals surface area contributed by atoms with E-state index < -0.39 is 5.97 Å². The molecule has 6 heteroatoms. The van der Waals surface area contributed by atoms with Gasteiger partial charge in [0.1, 0.15) is 10.8 Å². The lowest BCUT2D eigenvalue weighted by molar-refractivity contribution is -0.131. The molecule has 0 aliphatic rings. The van der Waals surface area contributed by atoms with Gasteiger partial charge in [-0.2, -0.15) is 0 Å². The third kappa shape index (κ3) is 3.92. The Balaban J connectivity index is 1.50. The van der Waals surface area contributed by atoms with Gasteiger partial charge in [-0.15, -0.1) is 11.3 Å². The van der Waals surface area contributed by atoms with Gasteiger partial charge >= 0.3 is 5.97 Å². The number of anilines is 1. The minimum Gasteiger partial charge on any atom is -0.427 e. The number of rotatable bonds is 4. The molecular weight excluding hydrogens is 372 g/mol. The fourth-order valence-electron chi connectivity index (χ4n) is 2.76. The van der Waals surface area contributed by atoms with Crippen LogP contribution in [0.25, 0.3) is 20.8 Å². The van der Waals surface area contributed by atoms with E-state index in [1.165, 1.54) is 13.0 Å². The predicted octanol–water partition coefficient (Wildman–Crippen LogP) is 5.14. The number of esters is 1. The maximum Gasteiger partial charge on any atom is 0.308 e. The van der Waals surface area contributed by atoms with Crippen molar-refractivity contribution in [3.63, 3.8) is 0 Å². The van der Waals surface area contributed by atoms with E-state index in [4.69, 9.17) is 4.74 Å². The van der Waals surface area contributed by atoms with Gasteiger partial charge in [0.15, 0.2) is 0 Å². The number of nitrogens with zero attached hydrogens (tertiary/aromatic N) is 1. The summed E-state index contributed by atoms with van der Waals surface area (Å²) < 4.78 is 6.16. The smallest absolute Gasteiger partial charge is 0.308 e. The Labute approximate surface area is 165 Å². The number of thiazole rings is 1. The fourth-order valence-corrected chi connectivity index (χ4v) is 3.73. The molecule has 0 fully saturated rings. The van der Waals surface area contributed by atoms with Crippen LogP contribution in [0.1, 0.15) is 17.3 Å². The first-order chi connectivity index (χ1) is 13.6. The highest BCUT2D eigenvalue weighted by Gasteiger charge is 2.10. The lowest BCUT2D eigenvalue weighted by atomic mass is 10.1. The molecule has 1 heterocycles. The molecule has 0 radical (unpaired) electrons. The second kappa shape index (κ2) is 7.62. The van der Waals surface area contributed by atoms with Gasteiger partial charge < -0.3 is 10.1 Å². The third-order valence-electron chi connectivity index (χ3n) is 4.04. The van der Waals surface area contributed by atoms with Crippen LogP contribution in [0.3, 0.4) is 0 Å². The molecule has 1 amide bonds. The number of aromatic nitrogens is 1. The van der Waals surface area contributed by atoms with Crippen molar-refractivity contribution in [1.82, 2.24) is 4.98 Å². The van der Waals surface area contributed by atoms with E-state index in [0.29, 0.717) is 17.0 Å². The Bertz CT molecular complexity index is 1130. The predicted molar refractivity (Wildman–Crippen MR) is 111 cm³/mol. The molecule has 3 aromatic carbocycles. The van der Waals surface area contributed by atoms with E-state index in [0.717, 1.165) is 20.8 Å². The van der Waals surface area contributed by atoms with Gasteiger partial charge in [-0.3, -0.25) is 9.59 Å². The Kier molecular flexibility index (Phi) is 4.87. The van der Waals surface area contributed by atoms with Crippen LogP contribution in [0.5, 0.6) is 5.75 Å². The molecule has 0 bridgehead atoms. The Hall–Kier alpha value is -3.51. The number of carbonyl (C=O) groups excluding carboxylic acids is 2. The zero-order valence-electron chi connectivity index (χ0n) is 15.0. The summed E-state index contributed by atoms with van der Waals surface area (Å²) in [6.07, 6.45) is 0. The second-order valence-corrected chi connectivity index (χ2v) is 7.17. The average Bonchev–Trinajstić information content (AvgIpc) is 3.12. The monoisotopic (exact) mass is 388 g/mol. The zero-order chi connectivity index (χ0) is 19.5. The van der Waals surface area contributed by atoms with Crippen molar-refractivity contribution in [2.75, 3.05) is 5.32 Å². The van der Waals surface area contributed by atoms with Crippen molar-refractivity contribution in [2.24, 2.45) is 0 Å². The number of para-hydroxylation sites is 1. The van der Waals surface area contributed by atoms with E-state index >= 15 is 0 Å². The van der Waals surface area contributed by atoms with Gasteiger partial charge in [0.25, 0.3) is 5.91 Å². The van der Waals surface area contributed by atoms with E-state index in [-0.39, 0.29) is 5.91 Å². The lowest BCUT2D eigenvalue weighted by Crippen LogP contribution is -2.12. The summed E-state index contributed by atoms with van der Waals surface area (Å²) in [4.78, 5) is 28.2. The minimum atomic E-state index is -0.428. The minimum absolute atomic E-state index is 0.276. The number of benzene rings is 3. The Morgan fingerprint density at radius 2 is 1.75 bits per heavy atom. The summed E-state index contributed by atoms with van der Waals surface area (Å²) in [6, 6.07) is 22.1. The van der Waals surface area contributed by atoms with Gasteiger partial charge in [0.05, 0.1) is 10.2 Å². The quantitative estimate of drug-likeness (QED) is 0.388. The lowest BCUT2D eigenvalue weighted by Gasteiger charge is -2.07. The van der Waals surface area contributed by atoms with Crippen LogP contribution in [-0.4, -0.2) is 16.9 Å². The van der Waals surface area contributed by atoms with Crippen LogP contribution in [0.4, 0.5) is 5.69 Å². The van der Waals surface area contributed by atoms with Crippen molar-refractivity contribution in [1.29, 1.82) is 0 Å². The second-order valence-electron chi connectivity index (χ2n) is 6.14. The summed E-state index contributed by atoms with van der Waals surface area (Å²) >= 11 is 1.63. The molecule has 1 N–H and O–H groups in total. The van der Waals surface area contributed by atoms with Crippen LogP contribution in [0.2, 0.25) is 0 Å². The van der Waals surface area contributed by atoms with Gasteiger partial charge in [-0.25, -0.2) is 4.98 Å². The van der Waals surface area contributed by atoms with Gasteiger partial charge in [-0.1, -0.05) is 18.2 Å². The molecule has 138 valence electrons. The normalized spacial score (nSPS) is 10.6. The molecule has 0 spiro atoms. The van der Waals surface area contributed by atoms with E-state index in [9.17, 15) is 9.59 Å². The van der Waals surface area contributed by atoms with Gasteiger partial charge in [0, 0.05) is 23.7 Å². The maximum absolute atomic E-state index is 12.5. The number of fused-ring (bicyclic) bond motifs is 1. The molecule has 4 rings (SSSR count). The fraction of sp³-hybridized carbons (Fsp3) is 0.0455. The summed E-state index contributed by atoms with van der Waals surface area (Å²) in [5.41, 5.74) is 3.06. The summed E-state index contributed by atoms with van der Waals surface area (Å²) in [7, 11) is 0. The molecule has 0 aliphatic carbocycles. The average molecular weight is 388 g/mol. The standard InChI is InChI=1S/C22H16N2O3S/c1-14(25)27-18-6-4-5-16(13-18)21(26)23-17-11-9-15(10-12-17)22-24-19-7-2-3-8-20(19)28-22/h2-13H,1H3,(H,23,26). The summed E-state index contributed by atoms with van der Waals surface area (Å²) in [6.45, 7) is 1.32. The molecule has 4 aromatic rings. The zero-order valence-corrected chi connectivity index (χ0v) is 15.8. The highest BCUT2D eigenvalue weighted by atomic mass is 32.1. The van der Waals surface area contributed by atoms with Crippen molar-refractivity contribution < 1.29 is 14.3 Å². The van der Waals surface area contributed by atoms with Gasteiger partial charge in [-0.05, 0) is 54.6 Å². The van der Waals surface area contributed by atoms with Gasteiger partial charge in [0.2, 0.25) is 0 Å². The van der Waals surface area contributed by atoms with Crippen molar-refractivity contribution in [3.8, 4) is 16.3 Å². The number of nitrogens with one attached hydrogen (secondary N) is 1. The molecule has 0 saturated heterocycles. The Morgan fingerprint density at radius 1 is 0.964 bits per heavy atom. The van der Waals surface area contributed by atoms with Crippen LogP contribution < -0.4 is 10.1 Å². The molecule has 1 aromatic heterocycles. The van der Waals surface area contributed by atoms with Crippen LogP contribution >= 0.6 is 11.3 Å². The van der Waals surface area contributed by atoms with E-state index in [2.05, 4.69) is 16.4 Å². The summed E-state index contributed by atoms with van der Waals surface area (Å²) in [5.74, 6) is -0.365. The van der Waals surface area contributed by atoms with E-state index in [1.807, 2.05) is 42.5 Å². The first kappa shape index (κ1) is 17.9. The van der Waals surface area contributed by atoms with Crippen molar-refractivity contribution in [3.05, 3.63) is 78.4 Å². The van der Waals surface area contributed by atoms with Crippen LogP contribution in [0, 0.1) is 0 Å². The molecule has 0 aliphatic heterocycles. The summed E-state index contributed by atoms with van der Waals surface area (Å²) in [5, 5.41) is 3.79. The highest BCUT2D eigenvalue weighted by molar-refractivity contribution is 7.21. The topological polar surface area (TPSA) is 68.3 Å². The largest absolute Gasteiger partial charge is 0.427 e. The molecule has 28 heavy (non-hydrogen) atoms. The van der Waals surface area contributed by atoms with Crippen LogP contribution in [0.15, 0.2) is 72.8 Å². The molecule has 5 nitrogen and oxygen atoms in total.